The van der Waals surface area contributed by atoms with E-state index in [1.54, 1.807) is 31.4 Å². The average Bonchev–Trinajstić information content (AvgIpc) is 3.08. The zero-order valence-electron chi connectivity index (χ0n) is 25.8. The minimum absolute atomic E-state index is 0.0617. The molecule has 9 nitrogen and oxygen atoms in total. The van der Waals surface area contributed by atoms with Crippen LogP contribution in [0.3, 0.4) is 0 Å². The molecule has 3 aromatic carbocycles. The van der Waals surface area contributed by atoms with Gasteiger partial charge in [0.1, 0.15) is 24.4 Å². The first-order chi connectivity index (χ1) is 21.9. The second-order valence-corrected chi connectivity index (χ2v) is 11.5. The predicted molar refractivity (Wildman–Crippen MR) is 172 cm³/mol. The van der Waals surface area contributed by atoms with Crippen molar-refractivity contribution in [1.82, 2.24) is 16.0 Å². The van der Waals surface area contributed by atoms with Crippen molar-refractivity contribution >= 4 is 23.7 Å². The number of hydrogen-bond acceptors (Lipinski definition) is 6. The summed E-state index contributed by atoms with van der Waals surface area (Å²) >= 11 is 0. The van der Waals surface area contributed by atoms with Crippen LogP contribution >= 0.6 is 0 Å². The summed E-state index contributed by atoms with van der Waals surface area (Å²) in [6.45, 7) is 0.336. The van der Waals surface area contributed by atoms with Crippen LogP contribution in [0, 0.1) is 5.92 Å². The van der Waals surface area contributed by atoms with Crippen LogP contribution in [-0.2, 0) is 38.6 Å². The third-order valence-corrected chi connectivity index (χ3v) is 8.11. The number of amides is 3. The molecule has 3 N–H and O–H groups in total. The summed E-state index contributed by atoms with van der Waals surface area (Å²) in [5, 5.41) is 8.24. The van der Waals surface area contributed by atoms with Crippen molar-refractivity contribution in [3.05, 3.63) is 102 Å². The molecule has 2 unspecified atom stereocenters. The Balaban J connectivity index is 1.45. The summed E-state index contributed by atoms with van der Waals surface area (Å²) in [5.74, 6) is -1.16. The number of carbonyl (C=O) groups excluding carboxylic acids is 4. The van der Waals surface area contributed by atoms with Gasteiger partial charge in [-0.25, -0.2) is 4.79 Å². The lowest BCUT2D eigenvalue weighted by atomic mass is 9.84. The number of benzene rings is 3. The van der Waals surface area contributed by atoms with E-state index in [0.29, 0.717) is 18.6 Å². The Labute approximate surface area is 265 Å². The van der Waals surface area contributed by atoms with E-state index in [1.807, 2.05) is 60.7 Å². The molecule has 1 fully saturated rings. The summed E-state index contributed by atoms with van der Waals surface area (Å²) in [6.07, 6.45) is 5.56. The zero-order valence-corrected chi connectivity index (χ0v) is 25.8. The van der Waals surface area contributed by atoms with Gasteiger partial charge in [0.25, 0.3) is 5.91 Å². The number of Topliss-reactive ketones (excluding diaryl/α,β-unsaturated/α-hetero) is 1. The van der Waals surface area contributed by atoms with Gasteiger partial charge in [0, 0.05) is 13.0 Å². The molecule has 9 heteroatoms. The molecule has 1 aliphatic rings. The summed E-state index contributed by atoms with van der Waals surface area (Å²) in [7, 11) is 1.56. The number of ether oxygens (including phenoxy) is 2. The normalized spacial score (nSPS) is 14.4. The number of methoxy groups -OCH3 is 1. The highest BCUT2D eigenvalue weighted by molar-refractivity contribution is 6.38. The van der Waals surface area contributed by atoms with E-state index >= 15 is 0 Å². The summed E-state index contributed by atoms with van der Waals surface area (Å²) < 4.78 is 10.7. The molecule has 0 heterocycles. The third-order valence-electron chi connectivity index (χ3n) is 8.11. The Morgan fingerprint density at radius 1 is 0.756 bits per heavy atom. The second kappa shape index (κ2) is 17.6. The molecule has 0 aromatic heterocycles. The van der Waals surface area contributed by atoms with Gasteiger partial charge < -0.3 is 25.4 Å². The maximum atomic E-state index is 13.8. The van der Waals surface area contributed by atoms with Crippen LogP contribution in [0.15, 0.2) is 84.9 Å². The van der Waals surface area contributed by atoms with Crippen molar-refractivity contribution in [2.75, 3.05) is 13.7 Å². The highest BCUT2D eigenvalue weighted by Gasteiger charge is 2.32. The molecule has 1 saturated carbocycles. The molecule has 4 rings (SSSR count). The smallest absolute Gasteiger partial charge is 0.408 e. The van der Waals surface area contributed by atoms with Crippen LogP contribution in [0.25, 0.3) is 0 Å². The Morgan fingerprint density at radius 2 is 1.40 bits per heavy atom. The Hall–Kier alpha value is -4.66. The Bertz CT molecular complexity index is 1370. The standard InChI is InChI=1S/C36H43N3O6/c1-44-30-19-17-28(18-20-30)23-31(33(40)35(42)37-22-21-26-11-5-2-6-12-26)38-34(41)32(24-27-13-7-3-8-14-27)39-36(43)45-25-29-15-9-4-10-16-29/h2,4-6,9-12,15-20,27,31-32H,3,7-8,13-14,21-25H2,1H3,(H,37,42)(H,38,41)(H,39,43). The summed E-state index contributed by atoms with van der Waals surface area (Å²) in [6, 6.07) is 24.0. The van der Waals surface area contributed by atoms with E-state index in [2.05, 4.69) is 16.0 Å². The minimum atomic E-state index is -1.14. The first-order valence-corrected chi connectivity index (χ1v) is 15.7. The molecule has 0 bridgehead atoms. The van der Waals surface area contributed by atoms with Crippen molar-refractivity contribution in [2.45, 2.75) is 70.1 Å². The maximum Gasteiger partial charge on any atom is 0.408 e. The fraction of sp³-hybridized carbons (Fsp3) is 0.389. The molecule has 3 aromatic rings. The van der Waals surface area contributed by atoms with Gasteiger partial charge in [-0.1, -0.05) is 105 Å². The quantitative estimate of drug-likeness (QED) is 0.209. The fourth-order valence-corrected chi connectivity index (χ4v) is 5.58. The molecule has 0 saturated heterocycles. The van der Waals surface area contributed by atoms with Crippen molar-refractivity contribution in [3.8, 4) is 5.75 Å². The van der Waals surface area contributed by atoms with E-state index in [9.17, 15) is 19.2 Å². The molecular formula is C36H43N3O6. The van der Waals surface area contributed by atoms with Crippen LogP contribution in [0.4, 0.5) is 4.79 Å². The molecule has 0 spiro atoms. The lowest BCUT2D eigenvalue weighted by Gasteiger charge is -2.28. The summed E-state index contributed by atoms with van der Waals surface area (Å²) in [4.78, 5) is 53.1. The van der Waals surface area contributed by atoms with Gasteiger partial charge in [-0.3, -0.25) is 14.4 Å². The molecule has 0 radical (unpaired) electrons. The molecule has 45 heavy (non-hydrogen) atoms. The topological polar surface area (TPSA) is 123 Å². The maximum absolute atomic E-state index is 13.8. The number of hydrogen-bond donors (Lipinski definition) is 3. The lowest BCUT2D eigenvalue weighted by Crippen LogP contribution is -2.55. The number of rotatable bonds is 15. The number of nitrogens with one attached hydrogen (secondary N) is 3. The molecule has 238 valence electrons. The van der Waals surface area contributed by atoms with Gasteiger partial charge in [-0.2, -0.15) is 0 Å². The van der Waals surface area contributed by atoms with Gasteiger partial charge in [-0.05, 0) is 47.6 Å². The largest absolute Gasteiger partial charge is 0.497 e. The lowest BCUT2D eigenvalue weighted by molar-refractivity contribution is -0.140. The highest BCUT2D eigenvalue weighted by Crippen LogP contribution is 2.27. The van der Waals surface area contributed by atoms with E-state index in [0.717, 1.165) is 48.8 Å². The van der Waals surface area contributed by atoms with E-state index in [4.69, 9.17) is 9.47 Å². The number of alkyl carbamates (subject to hydrolysis) is 1. The Kier molecular flexibility index (Phi) is 13.0. The first kappa shape index (κ1) is 33.2. The summed E-state index contributed by atoms with van der Waals surface area (Å²) in [5.41, 5.74) is 2.60. The van der Waals surface area contributed by atoms with E-state index in [-0.39, 0.29) is 25.5 Å². The van der Waals surface area contributed by atoms with Gasteiger partial charge in [-0.15, -0.1) is 0 Å². The molecule has 2 atom stereocenters. The molecule has 3 amide bonds. The fourth-order valence-electron chi connectivity index (χ4n) is 5.58. The monoisotopic (exact) mass is 613 g/mol. The SMILES string of the molecule is COc1ccc(CC(NC(=O)C(CC2CCCCC2)NC(=O)OCc2ccccc2)C(=O)C(=O)NCCc2ccccc2)cc1. The van der Waals surface area contributed by atoms with E-state index < -0.39 is 35.8 Å². The first-order valence-electron chi connectivity index (χ1n) is 15.7. The third kappa shape index (κ3) is 11.1. The van der Waals surface area contributed by atoms with Crippen LogP contribution in [-0.4, -0.2) is 49.4 Å². The molecule has 0 aliphatic heterocycles. The van der Waals surface area contributed by atoms with Crippen LogP contribution in [0.5, 0.6) is 5.75 Å². The second-order valence-electron chi connectivity index (χ2n) is 11.5. The van der Waals surface area contributed by atoms with Crippen molar-refractivity contribution in [2.24, 2.45) is 5.92 Å². The number of ketones is 1. The average molecular weight is 614 g/mol. The van der Waals surface area contributed by atoms with Crippen LogP contribution in [0.2, 0.25) is 0 Å². The van der Waals surface area contributed by atoms with Crippen LogP contribution < -0.4 is 20.7 Å². The van der Waals surface area contributed by atoms with Gasteiger partial charge >= 0.3 is 6.09 Å². The van der Waals surface area contributed by atoms with Gasteiger partial charge in [0.2, 0.25) is 11.7 Å². The van der Waals surface area contributed by atoms with Crippen molar-refractivity contribution in [1.29, 1.82) is 0 Å². The zero-order chi connectivity index (χ0) is 31.9. The van der Waals surface area contributed by atoms with Crippen molar-refractivity contribution < 1.29 is 28.7 Å². The Morgan fingerprint density at radius 3 is 2.04 bits per heavy atom. The van der Waals surface area contributed by atoms with Crippen molar-refractivity contribution in [3.63, 3.8) is 0 Å². The minimum Gasteiger partial charge on any atom is -0.497 e. The molecule has 1 aliphatic carbocycles. The van der Waals surface area contributed by atoms with E-state index in [1.165, 1.54) is 0 Å². The van der Waals surface area contributed by atoms with Gasteiger partial charge in [0.15, 0.2) is 0 Å². The van der Waals surface area contributed by atoms with Gasteiger partial charge in [0.05, 0.1) is 7.11 Å². The highest BCUT2D eigenvalue weighted by atomic mass is 16.5. The predicted octanol–water partition coefficient (Wildman–Crippen LogP) is 4.92. The number of carbonyl (C=O) groups is 4. The molecular weight excluding hydrogens is 570 g/mol. The van der Waals surface area contributed by atoms with Crippen LogP contribution in [0.1, 0.15) is 55.2 Å².